The molecule has 1 saturated heterocycles. The number of benzene rings is 1. The molecule has 0 aromatic heterocycles. The molecule has 0 aliphatic carbocycles. The number of nitrogens with zero attached hydrogens (tertiary/aromatic N) is 3. The number of piperazine rings is 1. The third-order valence-electron chi connectivity index (χ3n) is 3.94. The molecule has 0 saturated carbocycles. The maximum atomic E-state index is 8.84. The first-order valence-corrected chi connectivity index (χ1v) is 7.22. The molecule has 5 nitrogen and oxygen atoms in total. The Kier molecular flexibility index (Phi) is 5.38. The first kappa shape index (κ1) is 14.8. The number of nitrogens with two attached hydrogens (primary N) is 1. The maximum absolute atomic E-state index is 8.84. The molecule has 0 spiro atoms. The fraction of sp³-hybridized carbons (Fsp3) is 0.533. The van der Waals surface area contributed by atoms with Gasteiger partial charge in [-0.25, -0.2) is 0 Å². The summed E-state index contributed by atoms with van der Waals surface area (Å²) >= 11 is 0. The molecule has 20 heavy (non-hydrogen) atoms. The van der Waals surface area contributed by atoms with Gasteiger partial charge in [-0.05, 0) is 12.0 Å². The van der Waals surface area contributed by atoms with E-state index in [-0.39, 0.29) is 6.04 Å². The molecule has 1 atom stereocenters. The first-order valence-electron chi connectivity index (χ1n) is 7.22. The summed E-state index contributed by atoms with van der Waals surface area (Å²) in [6.07, 6.45) is 0.870. The second-order valence-electron chi connectivity index (χ2n) is 5.25. The van der Waals surface area contributed by atoms with Crippen LogP contribution in [0.4, 0.5) is 0 Å². The molecule has 1 fully saturated rings. The smallest absolute Gasteiger partial charge is 0.156 e. The van der Waals surface area contributed by atoms with Gasteiger partial charge in [-0.3, -0.25) is 9.80 Å². The van der Waals surface area contributed by atoms with Gasteiger partial charge in [0, 0.05) is 32.7 Å². The zero-order valence-corrected chi connectivity index (χ0v) is 12.1. The molecule has 3 N–H and O–H groups in total. The van der Waals surface area contributed by atoms with Crippen LogP contribution in [-0.2, 0) is 6.54 Å². The Morgan fingerprint density at radius 3 is 2.45 bits per heavy atom. The van der Waals surface area contributed by atoms with Crippen LogP contribution >= 0.6 is 0 Å². The fourth-order valence-electron chi connectivity index (χ4n) is 2.80. The van der Waals surface area contributed by atoms with Crippen LogP contribution in [-0.4, -0.2) is 53.1 Å². The average molecular weight is 276 g/mol. The molecule has 0 radical (unpaired) electrons. The number of oxime groups is 1. The quantitative estimate of drug-likeness (QED) is 0.368. The second kappa shape index (κ2) is 7.26. The summed E-state index contributed by atoms with van der Waals surface area (Å²) in [6, 6.07) is 10.6. The predicted octanol–water partition coefficient (Wildman–Crippen LogP) is 1.33. The molecule has 1 aromatic rings. The molecule has 1 heterocycles. The summed E-state index contributed by atoms with van der Waals surface area (Å²) < 4.78 is 0. The molecule has 5 heteroatoms. The van der Waals surface area contributed by atoms with Crippen LogP contribution in [0.2, 0.25) is 0 Å². The van der Waals surface area contributed by atoms with Gasteiger partial charge in [0.1, 0.15) is 0 Å². The monoisotopic (exact) mass is 276 g/mol. The standard InChI is InChI=1S/C15H24N4O/c1-2-14(15(16)17-20)19-10-8-18(9-11-19)12-13-6-4-3-5-7-13/h3-7,14,20H,2,8-12H2,1H3,(H2,16,17). The molecule has 0 amide bonds. The summed E-state index contributed by atoms with van der Waals surface area (Å²) in [7, 11) is 0. The molecule has 1 unspecified atom stereocenters. The zero-order valence-electron chi connectivity index (χ0n) is 12.1. The van der Waals surface area contributed by atoms with E-state index in [0.717, 1.165) is 39.1 Å². The van der Waals surface area contributed by atoms with Gasteiger partial charge < -0.3 is 10.9 Å². The number of hydrogen-bond acceptors (Lipinski definition) is 4. The van der Waals surface area contributed by atoms with Crippen LogP contribution in [0.25, 0.3) is 0 Å². The van der Waals surface area contributed by atoms with Gasteiger partial charge in [-0.1, -0.05) is 42.4 Å². The third kappa shape index (κ3) is 3.71. The van der Waals surface area contributed by atoms with E-state index in [9.17, 15) is 0 Å². The lowest BCUT2D eigenvalue weighted by molar-refractivity contribution is 0.110. The van der Waals surface area contributed by atoms with Crippen molar-refractivity contribution in [2.45, 2.75) is 25.9 Å². The van der Waals surface area contributed by atoms with Gasteiger partial charge in [0.05, 0.1) is 6.04 Å². The third-order valence-corrected chi connectivity index (χ3v) is 3.94. The van der Waals surface area contributed by atoms with Crippen LogP contribution < -0.4 is 5.73 Å². The maximum Gasteiger partial charge on any atom is 0.156 e. The van der Waals surface area contributed by atoms with Crippen LogP contribution in [0.5, 0.6) is 0 Å². The van der Waals surface area contributed by atoms with E-state index < -0.39 is 0 Å². The topological polar surface area (TPSA) is 65.1 Å². The van der Waals surface area contributed by atoms with Gasteiger partial charge in [0.25, 0.3) is 0 Å². The number of rotatable bonds is 5. The molecular formula is C15H24N4O. The van der Waals surface area contributed by atoms with Crippen molar-refractivity contribution in [2.24, 2.45) is 10.9 Å². The zero-order chi connectivity index (χ0) is 14.4. The van der Waals surface area contributed by atoms with E-state index in [4.69, 9.17) is 10.9 Å². The lowest BCUT2D eigenvalue weighted by Gasteiger charge is -2.38. The first-order chi connectivity index (χ1) is 9.74. The van der Waals surface area contributed by atoms with E-state index in [1.165, 1.54) is 5.56 Å². The van der Waals surface area contributed by atoms with Crippen molar-refractivity contribution in [3.63, 3.8) is 0 Å². The molecule has 2 rings (SSSR count). The highest BCUT2D eigenvalue weighted by Gasteiger charge is 2.25. The Morgan fingerprint density at radius 2 is 1.90 bits per heavy atom. The average Bonchev–Trinajstić information content (AvgIpc) is 2.50. The van der Waals surface area contributed by atoms with Crippen LogP contribution in [0.1, 0.15) is 18.9 Å². The van der Waals surface area contributed by atoms with Crippen LogP contribution in [0.15, 0.2) is 35.5 Å². The fourth-order valence-corrected chi connectivity index (χ4v) is 2.80. The minimum Gasteiger partial charge on any atom is -0.409 e. The van der Waals surface area contributed by atoms with Crippen molar-refractivity contribution in [1.29, 1.82) is 0 Å². The van der Waals surface area contributed by atoms with Crippen molar-refractivity contribution in [3.05, 3.63) is 35.9 Å². The minimum atomic E-state index is 0.0545. The number of amidine groups is 1. The van der Waals surface area contributed by atoms with Gasteiger partial charge in [0.15, 0.2) is 5.84 Å². The van der Waals surface area contributed by atoms with Gasteiger partial charge in [-0.15, -0.1) is 0 Å². The highest BCUT2D eigenvalue weighted by molar-refractivity contribution is 5.85. The molecule has 1 aromatic carbocycles. The van der Waals surface area contributed by atoms with Crippen LogP contribution in [0.3, 0.4) is 0 Å². The highest BCUT2D eigenvalue weighted by Crippen LogP contribution is 2.12. The molecular weight excluding hydrogens is 252 g/mol. The largest absolute Gasteiger partial charge is 0.409 e. The van der Waals surface area contributed by atoms with E-state index in [1.807, 2.05) is 6.07 Å². The van der Waals surface area contributed by atoms with Crippen molar-refractivity contribution in [2.75, 3.05) is 26.2 Å². The Morgan fingerprint density at radius 1 is 1.25 bits per heavy atom. The van der Waals surface area contributed by atoms with Crippen molar-refractivity contribution < 1.29 is 5.21 Å². The van der Waals surface area contributed by atoms with Crippen molar-refractivity contribution in [1.82, 2.24) is 9.80 Å². The normalized spacial score (nSPS) is 19.9. The highest BCUT2D eigenvalue weighted by atomic mass is 16.4. The van der Waals surface area contributed by atoms with Crippen LogP contribution in [0, 0.1) is 0 Å². The summed E-state index contributed by atoms with van der Waals surface area (Å²) in [5.74, 6) is 0.323. The Bertz CT molecular complexity index is 427. The second-order valence-corrected chi connectivity index (χ2v) is 5.25. The molecule has 1 aliphatic rings. The van der Waals surface area contributed by atoms with E-state index in [1.54, 1.807) is 0 Å². The predicted molar refractivity (Wildman–Crippen MR) is 80.8 cm³/mol. The van der Waals surface area contributed by atoms with Gasteiger partial charge in [0.2, 0.25) is 0 Å². The van der Waals surface area contributed by atoms with Gasteiger partial charge in [-0.2, -0.15) is 0 Å². The van der Waals surface area contributed by atoms with Gasteiger partial charge >= 0.3 is 0 Å². The summed E-state index contributed by atoms with van der Waals surface area (Å²) in [5.41, 5.74) is 7.11. The summed E-state index contributed by atoms with van der Waals surface area (Å²) in [5, 5.41) is 12.0. The van der Waals surface area contributed by atoms with E-state index in [0.29, 0.717) is 5.84 Å². The lowest BCUT2D eigenvalue weighted by Crippen LogP contribution is -2.53. The Labute approximate surface area is 120 Å². The molecule has 1 aliphatic heterocycles. The minimum absolute atomic E-state index is 0.0545. The Balaban J connectivity index is 1.86. The van der Waals surface area contributed by atoms with E-state index >= 15 is 0 Å². The van der Waals surface area contributed by atoms with E-state index in [2.05, 4.69) is 46.1 Å². The Hall–Kier alpha value is -1.59. The lowest BCUT2D eigenvalue weighted by atomic mass is 10.1. The summed E-state index contributed by atoms with van der Waals surface area (Å²) in [6.45, 7) is 7.02. The van der Waals surface area contributed by atoms with Crippen molar-refractivity contribution >= 4 is 5.84 Å². The summed E-state index contributed by atoms with van der Waals surface area (Å²) in [4.78, 5) is 4.75. The SMILES string of the molecule is CCC(C(N)=NO)N1CCN(Cc2ccccc2)CC1. The molecule has 110 valence electrons. The molecule has 0 bridgehead atoms. The van der Waals surface area contributed by atoms with Crippen molar-refractivity contribution in [3.8, 4) is 0 Å². The number of hydrogen-bond donors (Lipinski definition) is 2.